The molecule has 0 aromatic rings. The summed E-state index contributed by atoms with van der Waals surface area (Å²) in [6, 6.07) is 0. The molecule has 0 aliphatic carbocycles. The molecular formula is C6H11NO4. The van der Waals surface area contributed by atoms with Gasteiger partial charge in [0.05, 0.1) is 0 Å². The Balaban J connectivity index is 3.25. The maximum atomic E-state index is 10.2. The molecule has 0 atom stereocenters. The fourth-order valence-electron chi connectivity index (χ4n) is 0.409. The molecule has 0 heterocycles. The van der Waals surface area contributed by atoms with Crippen molar-refractivity contribution in [2.75, 3.05) is 6.54 Å². The zero-order valence-electron chi connectivity index (χ0n) is 6.29. The molecule has 0 aromatic carbocycles. The molecular weight excluding hydrogens is 150 g/mol. The van der Waals surface area contributed by atoms with Crippen LogP contribution in [0.25, 0.3) is 0 Å². The quantitative estimate of drug-likeness (QED) is 0.342. The molecule has 0 fully saturated rings. The first-order chi connectivity index (χ1) is 5.18. The van der Waals surface area contributed by atoms with Crippen LogP contribution in [0, 0.1) is 0 Å². The van der Waals surface area contributed by atoms with Crippen molar-refractivity contribution < 1.29 is 19.5 Å². The van der Waals surface area contributed by atoms with Gasteiger partial charge in [-0.2, -0.15) is 5.48 Å². The van der Waals surface area contributed by atoms with Crippen molar-refractivity contribution in [1.29, 1.82) is 0 Å². The monoisotopic (exact) mass is 161 g/mol. The number of rotatable bonds is 4. The predicted molar refractivity (Wildman–Crippen MR) is 36.6 cm³/mol. The van der Waals surface area contributed by atoms with E-state index < -0.39 is 11.9 Å². The molecule has 0 radical (unpaired) electrons. The molecule has 0 saturated heterocycles. The minimum atomic E-state index is -1.59. The van der Waals surface area contributed by atoms with Crippen LogP contribution in [-0.2, 0) is 14.4 Å². The summed E-state index contributed by atoms with van der Waals surface area (Å²) in [6.45, 7) is 2.45. The maximum absolute atomic E-state index is 10.2. The van der Waals surface area contributed by atoms with Crippen molar-refractivity contribution in [3.63, 3.8) is 0 Å². The molecule has 0 amide bonds. The smallest absolute Gasteiger partial charge is 0.435 e. The van der Waals surface area contributed by atoms with Crippen molar-refractivity contribution in [3.8, 4) is 0 Å². The van der Waals surface area contributed by atoms with Crippen molar-refractivity contribution >= 4 is 11.9 Å². The summed E-state index contributed by atoms with van der Waals surface area (Å²) in [5, 5.41) is 8.02. The maximum Gasteiger partial charge on any atom is 0.435 e. The molecule has 0 aliphatic heterocycles. The number of nitrogens with one attached hydrogen (secondary N) is 1. The van der Waals surface area contributed by atoms with Gasteiger partial charge in [-0.05, 0) is 6.42 Å². The third kappa shape index (κ3) is 5.35. The average molecular weight is 161 g/mol. The standard InChI is InChI=1S/C6H11NO4/c1-2-3-4-7-11-6(10)5(8)9/h7H,2-4H2,1H3,(H,8,9). The Morgan fingerprint density at radius 1 is 1.55 bits per heavy atom. The van der Waals surface area contributed by atoms with E-state index in [1.807, 2.05) is 6.92 Å². The summed E-state index contributed by atoms with van der Waals surface area (Å²) in [6.07, 6.45) is 1.80. The highest BCUT2D eigenvalue weighted by Gasteiger charge is 2.11. The van der Waals surface area contributed by atoms with E-state index in [-0.39, 0.29) is 0 Å². The summed E-state index contributed by atoms with van der Waals surface area (Å²) in [4.78, 5) is 24.2. The molecule has 0 bridgehead atoms. The Bertz CT molecular complexity index is 146. The molecule has 11 heavy (non-hydrogen) atoms. The van der Waals surface area contributed by atoms with Gasteiger partial charge in [0, 0.05) is 6.54 Å². The molecule has 64 valence electrons. The van der Waals surface area contributed by atoms with E-state index in [9.17, 15) is 9.59 Å². The van der Waals surface area contributed by atoms with Crippen LogP contribution in [0.4, 0.5) is 0 Å². The second-order valence-corrected chi connectivity index (χ2v) is 1.94. The Morgan fingerprint density at radius 3 is 2.64 bits per heavy atom. The first-order valence-electron chi connectivity index (χ1n) is 3.35. The number of carboxylic acids is 1. The second-order valence-electron chi connectivity index (χ2n) is 1.94. The highest BCUT2D eigenvalue weighted by molar-refractivity contribution is 6.28. The Labute approximate surface area is 64.3 Å². The summed E-state index contributed by atoms with van der Waals surface area (Å²) in [7, 11) is 0. The fourth-order valence-corrected chi connectivity index (χ4v) is 0.409. The topological polar surface area (TPSA) is 75.6 Å². The van der Waals surface area contributed by atoms with Gasteiger partial charge >= 0.3 is 11.9 Å². The van der Waals surface area contributed by atoms with Crippen LogP contribution in [0.2, 0.25) is 0 Å². The number of hydrogen-bond acceptors (Lipinski definition) is 4. The number of hydrogen-bond donors (Lipinski definition) is 2. The Hall–Kier alpha value is -1.10. The van der Waals surface area contributed by atoms with Crippen LogP contribution >= 0.6 is 0 Å². The lowest BCUT2D eigenvalue weighted by Gasteiger charge is -2.00. The lowest BCUT2D eigenvalue weighted by Crippen LogP contribution is -2.26. The van der Waals surface area contributed by atoms with Crippen molar-refractivity contribution in [2.45, 2.75) is 19.8 Å². The fraction of sp³-hybridized carbons (Fsp3) is 0.667. The van der Waals surface area contributed by atoms with E-state index in [0.717, 1.165) is 12.8 Å². The van der Waals surface area contributed by atoms with Gasteiger partial charge in [-0.3, -0.25) is 0 Å². The van der Waals surface area contributed by atoms with E-state index >= 15 is 0 Å². The summed E-state index contributed by atoms with van der Waals surface area (Å²) in [5.74, 6) is -2.87. The largest absolute Gasteiger partial charge is 0.473 e. The molecule has 0 aliphatic rings. The molecule has 0 rings (SSSR count). The zero-order valence-corrected chi connectivity index (χ0v) is 6.29. The molecule has 5 heteroatoms. The van der Waals surface area contributed by atoms with Crippen LogP contribution in [0.1, 0.15) is 19.8 Å². The number of carbonyl (C=O) groups excluding carboxylic acids is 1. The normalized spacial score (nSPS) is 9.18. The van der Waals surface area contributed by atoms with E-state index in [1.54, 1.807) is 0 Å². The number of carbonyl (C=O) groups is 2. The molecule has 0 unspecified atom stereocenters. The van der Waals surface area contributed by atoms with Crippen molar-refractivity contribution in [1.82, 2.24) is 5.48 Å². The SMILES string of the molecule is CCCCNOC(=O)C(=O)O. The Morgan fingerprint density at radius 2 is 2.18 bits per heavy atom. The van der Waals surface area contributed by atoms with Gasteiger partial charge in [-0.25, -0.2) is 9.59 Å². The van der Waals surface area contributed by atoms with Crippen LogP contribution in [0.15, 0.2) is 0 Å². The summed E-state index contributed by atoms with van der Waals surface area (Å²) in [5.41, 5.74) is 2.24. The van der Waals surface area contributed by atoms with E-state index in [1.165, 1.54) is 0 Å². The lowest BCUT2D eigenvalue weighted by atomic mass is 10.3. The number of unbranched alkanes of at least 4 members (excludes halogenated alkanes) is 1. The van der Waals surface area contributed by atoms with Crippen molar-refractivity contribution in [3.05, 3.63) is 0 Å². The zero-order chi connectivity index (χ0) is 8.69. The van der Waals surface area contributed by atoms with E-state index in [0.29, 0.717) is 6.54 Å². The van der Waals surface area contributed by atoms with Gasteiger partial charge in [0.1, 0.15) is 0 Å². The number of aliphatic carboxylic acids is 1. The second kappa shape index (κ2) is 5.67. The number of carboxylic acid groups (broad SMARTS) is 1. The van der Waals surface area contributed by atoms with Crippen LogP contribution < -0.4 is 5.48 Å². The highest BCUT2D eigenvalue weighted by Crippen LogP contribution is 1.82. The summed E-state index contributed by atoms with van der Waals surface area (Å²) >= 11 is 0. The molecule has 0 spiro atoms. The molecule has 0 saturated carbocycles. The van der Waals surface area contributed by atoms with Crippen LogP contribution in [0.3, 0.4) is 0 Å². The highest BCUT2D eigenvalue weighted by atomic mass is 16.7. The first-order valence-corrected chi connectivity index (χ1v) is 3.35. The van der Waals surface area contributed by atoms with Crippen molar-refractivity contribution in [2.24, 2.45) is 0 Å². The third-order valence-electron chi connectivity index (χ3n) is 0.972. The van der Waals surface area contributed by atoms with Gasteiger partial charge in [0.15, 0.2) is 0 Å². The van der Waals surface area contributed by atoms with Gasteiger partial charge in [-0.15, -0.1) is 0 Å². The van der Waals surface area contributed by atoms with Gasteiger partial charge < -0.3 is 9.94 Å². The molecule has 2 N–H and O–H groups in total. The Kier molecular flexibility index (Phi) is 5.10. The van der Waals surface area contributed by atoms with Gasteiger partial charge in [0.25, 0.3) is 0 Å². The van der Waals surface area contributed by atoms with Crippen LogP contribution in [0.5, 0.6) is 0 Å². The van der Waals surface area contributed by atoms with Gasteiger partial charge in [-0.1, -0.05) is 13.3 Å². The van der Waals surface area contributed by atoms with Gasteiger partial charge in [0.2, 0.25) is 0 Å². The predicted octanol–water partition coefficient (Wildman–Crippen LogP) is -0.0811. The lowest BCUT2D eigenvalue weighted by molar-refractivity contribution is -0.168. The van der Waals surface area contributed by atoms with Crippen LogP contribution in [-0.4, -0.2) is 23.6 Å². The third-order valence-corrected chi connectivity index (χ3v) is 0.972. The number of hydroxylamine groups is 1. The first kappa shape index (κ1) is 9.90. The summed E-state index contributed by atoms with van der Waals surface area (Å²) < 4.78 is 0. The minimum absolute atomic E-state index is 0.482. The van der Waals surface area contributed by atoms with E-state index in [4.69, 9.17) is 5.11 Å². The average Bonchev–Trinajstić information content (AvgIpc) is 1.97. The van der Waals surface area contributed by atoms with E-state index in [2.05, 4.69) is 10.3 Å². The molecule has 5 nitrogen and oxygen atoms in total. The molecule has 0 aromatic heterocycles. The minimum Gasteiger partial charge on any atom is -0.473 e.